The third kappa shape index (κ3) is 8.27. The third-order valence-corrected chi connectivity index (χ3v) is 6.58. The topological polar surface area (TPSA) is 47.9 Å². The molecule has 0 spiro atoms. The number of ether oxygens (including phenoxy) is 3. The number of allylic oxidation sites excluding steroid dienone is 2. The first-order valence-corrected chi connectivity index (χ1v) is 12.5. The van der Waals surface area contributed by atoms with Crippen molar-refractivity contribution in [3.05, 3.63) is 118 Å². The van der Waals surface area contributed by atoms with Crippen molar-refractivity contribution in [2.75, 3.05) is 0 Å². The van der Waals surface area contributed by atoms with Crippen LogP contribution in [0, 0.1) is 0 Å². The van der Waals surface area contributed by atoms with E-state index in [1.165, 1.54) is 30.3 Å². The molecule has 3 aromatic carbocycles. The molecule has 0 saturated carbocycles. The molecule has 3 atom stereocenters. The van der Waals surface area contributed by atoms with Crippen LogP contribution in [0.2, 0.25) is 10.0 Å². The Morgan fingerprint density at radius 3 is 2.10 bits per heavy atom. The van der Waals surface area contributed by atoms with E-state index >= 15 is 0 Å². The smallest absolute Gasteiger partial charge is 1.00 e. The average Bonchev–Trinajstić information content (AvgIpc) is 2.87. The summed E-state index contributed by atoms with van der Waals surface area (Å²) in [6, 6.07) is 19.8. The Morgan fingerprint density at radius 1 is 0.949 bits per heavy atom. The van der Waals surface area contributed by atoms with Gasteiger partial charge in [-0.3, -0.25) is 0 Å². The summed E-state index contributed by atoms with van der Waals surface area (Å²) in [4.78, 5) is 0. The number of hydrogen-bond donors (Lipinski definition) is 1. The SMILES string of the molecule is CC(OCc1cccc(Cl)c1)C1(OCc2cccc(Cl)c2)C=C(C(F)(F)F)C=CC1Oc1ccc(O)cc1.[H-].[Na+]. The van der Waals surface area contributed by atoms with Gasteiger partial charge in [-0.2, -0.15) is 13.2 Å². The minimum Gasteiger partial charge on any atom is -1.00 e. The van der Waals surface area contributed by atoms with Crippen molar-refractivity contribution in [1.29, 1.82) is 0 Å². The van der Waals surface area contributed by atoms with Crippen LogP contribution in [0.25, 0.3) is 0 Å². The second-order valence-corrected chi connectivity index (χ2v) is 9.72. The third-order valence-electron chi connectivity index (χ3n) is 6.11. The van der Waals surface area contributed by atoms with Crippen LogP contribution >= 0.6 is 23.2 Å². The van der Waals surface area contributed by atoms with E-state index in [4.69, 9.17) is 37.4 Å². The van der Waals surface area contributed by atoms with Gasteiger partial charge in [-0.15, -0.1) is 0 Å². The van der Waals surface area contributed by atoms with E-state index in [2.05, 4.69) is 0 Å². The standard InChI is InChI=1S/C29H25Cl2F3O4.Na.H/c1-19(36-17-20-4-2-6-23(30)14-20)28(37-18-21-5-3-7-24(31)15-21)16-22(29(32,33)34)8-13-27(28)38-26-11-9-25(35)10-12-26;;/h2-16,19,27,35H,17-18H2,1H3;;/q;+1;-1. The van der Waals surface area contributed by atoms with Gasteiger partial charge in [-0.05, 0) is 78.7 Å². The Hall–Kier alpha value is -1.97. The van der Waals surface area contributed by atoms with Crippen molar-refractivity contribution < 1.29 is 63.5 Å². The van der Waals surface area contributed by atoms with Crippen LogP contribution in [0.1, 0.15) is 19.5 Å². The largest absolute Gasteiger partial charge is 1.00 e. The average molecular weight is 589 g/mol. The molecule has 10 heteroatoms. The van der Waals surface area contributed by atoms with Crippen molar-refractivity contribution in [3.63, 3.8) is 0 Å². The summed E-state index contributed by atoms with van der Waals surface area (Å²) in [6.45, 7) is 1.66. The number of phenols is 1. The summed E-state index contributed by atoms with van der Waals surface area (Å²) in [7, 11) is 0. The first kappa shape index (κ1) is 31.6. The molecule has 0 bridgehead atoms. The zero-order valence-corrected chi connectivity index (χ0v) is 24.8. The molecule has 4 rings (SSSR count). The van der Waals surface area contributed by atoms with E-state index in [-0.39, 0.29) is 49.9 Å². The maximum Gasteiger partial charge on any atom is 1.00 e. The van der Waals surface area contributed by atoms with E-state index < -0.39 is 29.6 Å². The maximum absolute atomic E-state index is 13.9. The molecule has 0 fully saturated rings. The summed E-state index contributed by atoms with van der Waals surface area (Å²) >= 11 is 12.2. The molecule has 39 heavy (non-hydrogen) atoms. The zero-order chi connectivity index (χ0) is 27.3. The van der Waals surface area contributed by atoms with Crippen LogP contribution in [0.4, 0.5) is 13.2 Å². The van der Waals surface area contributed by atoms with Crippen molar-refractivity contribution in [2.45, 2.75) is 44.1 Å². The molecule has 0 radical (unpaired) electrons. The second kappa shape index (κ2) is 13.6. The number of benzene rings is 3. The molecule has 0 aliphatic heterocycles. The minimum atomic E-state index is -4.63. The summed E-state index contributed by atoms with van der Waals surface area (Å²) in [5.74, 6) is 0.358. The van der Waals surface area contributed by atoms with Crippen LogP contribution in [0.5, 0.6) is 11.5 Å². The Morgan fingerprint density at radius 2 is 1.54 bits per heavy atom. The normalized spacial score (nSPS) is 19.6. The van der Waals surface area contributed by atoms with Gasteiger partial charge in [0.25, 0.3) is 0 Å². The Balaban J connectivity index is 0.00000280. The molecule has 4 nitrogen and oxygen atoms in total. The van der Waals surface area contributed by atoms with Gasteiger partial charge in [-0.1, -0.05) is 53.5 Å². The number of hydrogen-bond acceptors (Lipinski definition) is 4. The fourth-order valence-electron chi connectivity index (χ4n) is 4.10. The van der Waals surface area contributed by atoms with Crippen molar-refractivity contribution in [2.24, 2.45) is 0 Å². The van der Waals surface area contributed by atoms with E-state index in [0.29, 0.717) is 21.4 Å². The molecule has 3 aromatic rings. The molecule has 3 unspecified atom stereocenters. The molecule has 1 aliphatic rings. The fourth-order valence-corrected chi connectivity index (χ4v) is 4.52. The van der Waals surface area contributed by atoms with Crippen LogP contribution in [-0.2, 0) is 22.7 Å². The van der Waals surface area contributed by atoms with Gasteiger partial charge in [0.15, 0.2) is 11.7 Å². The van der Waals surface area contributed by atoms with Crippen molar-refractivity contribution >= 4 is 23.2 Å². The Labute approximate surface area is 258 Å². The number of alkyl halides is 3. The predicted molar refractivity (Wildman–Crippen MR) is 142 cm³/mol. The molecule has 0 amide bonds. The van der Waals surface area contributed by atoms with Crippen LogP contribution in [0.3, 0.4) is 0 Å². The number of halogens is 5. The minimum absolute atomic E-state index is 0. The van der Waals surface area contributed by atoms with Gasteiger partial charge in [0.2, 0.25) is 0 Å². The van der Waals surface area contributed by atoms with Gasteiger partial charge in [0.1, 0.15) is 11.5 Å². The summed E-state index contributed by atoms with van der Waals surface area (Å²) in [5, 5.41) is 10.6. The number of phenolic OH excluding ortho intramolecular Hbond substituents is 1. The first-order valence-electron chi connectivity index (χ1n) is 11.7. The van der Waals surface area contributed by atoms with Gasteiger partial charge in [-0.25, -0.2) is 0 Å². The van der Waals surface area contributed by atoms with Gasteiger partial charge >= 0.3 is 35.7 Å². The second-order valence-electron chi connectivity index (χ2n) is 8.84. The Bertz CT molecular complexity index is 1320. The maximum atomic E-state index is 13.9. The molecule has 0 saturated heterocycles. The van der Waals surface area contributed by atoms with Crippen LogP contribution < -0.4 is 34.3 Å². The molecule has 202 valence electrons. The van der Waals surface area contributed by atoms with Crippen LogP contribution in [-0.4, -0.2) is 29.1 Å². The summed E-state index contributed by atoms with van der Waals surface area (Å²) in [6.07, 6.45) is -3.25. The molecular weight excluding hydrogens is 563 g/mol. The molecule has 0 heterocycles. The van der Waals surface area contributed by atoms with Crippen LogP contribution in [0.15, 0.2) is 96.6 Å². The van der Waals surface area contributed by atoms with Gasteiger partial charge in [0, 0.05) is 10.0 Å². The van der Waals surface area contributed by atoms with Crippen molar-refractivity contribution in [3.8, 4) is 11.5 Å². The number of aromatic hydroxyl groups is 1. The molecule has 1 N–H and O–H groups in total. The van der Waals surface area contributed by atoms with E-state index in [1.807, 2.05) is 0 Å². The monoisotopic (exact) mass is 588 g/mol. The predicted octanol–water partition coefficient (Wildman–Crippen LogP) is 5.18. The van der Waals surface area contributed by atoms with Gasteiger partial charge < -0.3 is 20.7 Å². The Kier molecular flexibility index (Phi) is 11.0. The van der Waals surface area contributed by atoms with E-state index in [1.54, 1.807) is 55.5 Å². The zero-order valence-electron chi connectivity index (χ0n) is 22.3. The van der Waals surface area contributed by atoms with Crippen molar-refractivity contribution in [1.82, 2.24) is 0 Å². The van der Waals surface area contributed by atoms with E-state index in [0.717, 1.165) is 17.7 Å². The molecular formula is C29H26Cl2F3NaO4. The number of rotatable bonds is 9. The fraction of sp³-hybridized carbons (Fsp3) is 0.241. The van der Waals surface area contributed by atoms with Gasteiger partial charge in [0.05, 0.1) is 24.9 Å². The quantitative estimate of drug-likeness (QED) is 0.350. The summed E-state index contributed by atoms with van der Waals surface area (Å²) < 4.78 is 60.4. The first-order chi connectivity index (χ1) is 18.0. The van der Waals surface area contributed by atoms with E-state index in [9.17, 15) is 18.3 Å². The summed E-state index contributed by atoms with van der Waals surface area (Å²) in [5.41, 5.74) is -1.17. The molecule has 0 aromatic heterocycles. The molecule has 1 aliphatic carbocycles.